The molecular weight excluding hydrogens is 253 g/mol. The topological polar surface area (TPSA) is 74.6 Å². The first-order chi connectivity index (χ1) is 7.29. The average molecular weight is 255 g/mol. The van der Waals surface area contributed by atoms with Gasteiger partial charge in [-0.2, -0.15) is 0 Å². The number of carboxylic acid groups (broad SMARTS) is 2. The van der Waals surface area contributed by atoms with Crippen LogP contribution < -0.4 is 0 Å². The van der Waals surface area contributed by atoms with E-state index in [-0.39, 0.29) is 0 Å². The SMILES string of the molecule is O=C(O)c1c(F)c(F)c(Cl)c(F)c1C(=O)O. The van der Waals surface area contributed by atoms with E-state index in [1.54, 1.807) is 0 Å². The van der Waals surface area contributed by atoms with Crippen LogP contribution in [0.5, 0.6) is 0 Å². The third-order valence-electron chi connectivity index (χ3n) is 1.69. The quantitative estimate of drug-likeness (QED) is 0.626. The van der Waals surface area contributed by atoms with E-state index < -0.39 is 45.5 Å². The molecule has 1 aromatic rings. The summed E-state index contributed by atoms with van der Waals surface area (Å²) in [6.45, 7) is 0. The van der Waals surface area contributed by atoms with Crippen LogP contribution in [-0.4, -0.2) is 22.2 Å². The van der Waals surface area contributed by atoms with Crippen molar-refractivity contribution in [1.29, 1.82) is 0 Å². The van der Waals surface area contributed by atoms with Crippen molar-refractivity contribution in [2.24, 2.45) is 0 Å². The second-order valence-corrected chi connectivity index (χ2v) is 2.99. The Kier molecular flexibility index (Phi) is 3.09. The molecule has 0 amide bonds. The summed E-state index contributed by atoms with van der Waals surface area (Å²) in [6.07, 6.45) is 0. The first-order valence-corrected chi connectivity index (χ1v) is 3.99. The monoisotopic (exact) mass is 254 g/mol. The van der Waals surface area contributed by atoms with Crippen molar-refractivity contribution in [3.8, 4) is 0 Å². The molecule has 0 aliphatic heterocycles. The summed E-state index contributed by atoms with van der Waals surface area (Å²) in [6, 6.07) is 0. The van der Waals surface area contributed by atoms with Gasteiger partial charge >= 0.3 is 11.9 Å². The number of carboxylic acids is 2. The second-order valence-electron chi connectivity index (χ2n) is 2.62. The number of rotatable bonds is 2. The molecule has 1 aromatic carbocycles. The van der Waals surface area contributed by atoms with Crippen molar-refractivity contribution in [2.45, 2.75) is 0 Å². The minimum absolute atomic E-state index is 1.40. The van der Waals surface area contributed by atoms with Gasteiger partial charge in [0.1, 0.15) is 16.1 Å². The summed E-state index contributed by atoms with van der Waals surface area (Å²) in [7, 11) is 0. The van der Waals surface area contributed by atoms with E-state index in [1.807, 2.05) is 0 Å². The highest BCUT2D eigenvalue weighted by atomic mass is 35.5. The Morgan fingerprint density at radius 3 is 1.62 bits per heavy atom. The van der Waals surface area contributed by atoms with Crippen LogP contribution in [0.4, 0.5) is 13.2 Å². The van der Waals surface area contributed by atoms with Gasteiger partial charge in [-0.25, -0.2) is 22.8 Å². The number of benzene rings is 1. The molecule has 0 spiro atoms. The Morgan fingerprint density at radius 2 is 1.25 bits per heavy atom. The zero-order valence-electron chi connectivity index (χ0n) is 7.22. The maximum atomic E-state index is 13.1. The van der Waals surface area contributed by atoms with Gasteiger partial charge in [-0.3, -0.25) is 0 Å². The molecule has 0 aliphatic carbocycles. The number of halogens is 4. The Labute approximate surface area is 90.9 Å². The van der Waals surface area contributed by atoms with Crippen LogP contribution in [0, 0.1) is 17.5 Å². The number of hydrogen-bond acceptors (Lipinski definition) is 2. The van der Waals surface area contributed by atoms with Gasteiger partial charge in [0.05, 0.1) is 0 Å². The Morgan fingerprint density at radius 1 is 0.875 bits per heavy atom. The highest BCUT2D eigenvalue weighted by Crippen LogP contribution is 2.28. The predicted octanol–water partition coefficient (Wildman–Crippen LogP) is 2.15. The molecule has 0 radical (unpaired) electrons. The van der Waals surface area contributed by atoms with E-state index in [0.29, 0.717) is 0 Å². The fourth-order valence-corrected chi connectivity index (χ4v) is 1.21. The van der Waals surface area contributed by atoms with Gasteiger partial charge in [-0.1, -0.05) is 11.6 Å². The molecule has 4 nitrogen and oxygen atoms in total. The lowest BCUT2D eigenvalue weighted by Crippen LogP contribution is -2.15. The summed E-state index contributed by atoms with van der Waals surface area (Å²) in [5.41, 5.74) is -3.12. The van der Waals surface area contributed by atoms with Crippen molar-refractivity contribution in [2.75, 3.05) is 0 Å². The smallest absolute Gasteiger partial charge is 0.339 e. The lowest BCUT2D eigenvalue weighted by atomic mass is 10.1. The second kappa shape index (κ2) is 4.01. The molecule has 1 rings (SSSR count). The lowest BCUT2D eigenvalue weighted by molar-refractivity contribution is 0.0641. The molecule has 86 valence electrons. The van der Waals surface area contributed by atoms with E-state index in [0.717, 1.165) is 0 Å². The van der Waals surface area contributed by atoms with E-state index in [2.05, 4.69) is 0 Å². The highest BCUT2D eigenvalue weighted by Gasteiger charge is 2.31. The third-order valence-corrected chi connectivity index (χ3v) is 2.03. The first kappa shape index (κ1) is 12.3. The normalized spacial score (nSPS) is 10.2. The standard InChI is InChI=1S/C8H2ClF3O4/c9-3-4(10)1(7(13)14)2(8(15)16)5(11)6(3)12/h(H,13,14)(H,15,16). The van der Waals surface area contributed by atoms with E-state index in [9.17, 15) is 22.8 Å². The molecule has 8 heteroatoms. The number of hydrogen-bond donors (Lipinski definition) is 2. The molecule has 0 bridgehead atoms. The zero-order valence-corrected chi connectivity index (χ0v) is 7.98. The molecule has 0 saturated carbocycles. The van der Waals surface area contributed by atoms with Gasteiger partial charge in [0.2, 0.25) is 0 Å². The predicted molar refractivity (Wildman–Crippen MR) is 45.2 cm³/mol. The van der Waals surface area contributed by atoms with Crippen LogP contribution >= 0.6 is 11.6 Å². The number of aromatic carboxylic acids is 2. The fourth-order valence-electron chi connectivity index (χ4n) is 1.03. The largest absolute Gasteiger partial charge is 0.478 e. The summed E-state index contributed by atoms with van der Waals surface area (Å²) < 4.78 is 39.0. The molecular formula is C8H2ClF3O4. The van der Waals surface area contributed by atoms with Gasteiger partial charge in [-0.15, -0.1) is 0 Å². The molecule has 0 atom stereocenters. The summed E-state index contributed by atoms with van der Waals surface area (Å²) in [5, 5.41) is 15.5. The molecule has 0 fully saturated rings. The van der Waals surface area contributed by atoms with Gasteiger partial charge in [0.25, 0.3) is 0 Å². The van der Waals surface area contributed by atoms with Gasteiger partial charge in [-0.05, 0) is 0 Å². The maximum Gasteiger partial charge on any atom is 0.339 e. The van der Waals surface area contributed by atoms with Crippen LogP contribution in [0.2, 0.25) is 5.02 Å². The third kappa shape index (κ3) is 1.69. The first-order valence-electron chi connectivity index (χ1n) is 3.61. The minimum Gasteiger partial charge on any atom is -0.478 e. The van der Waals surface area contributed by atoms with Gasteiger partial charge in [0.15, 0.2) is 17.5 Å². The van der Waals surface area contributed by atoms with Crippen molar-refractivity contribution in [3.05, 3.63) is 33.6 Å². The Hall–Kier alpha value is -1.76. The minimum atomic E-state index is -2.11. The average Bonchev–Trinajstić information content (AvgIpc) is 2.18. The van der Waals surface area contributed by atoms with Crippen LogP contribution in [0.3, 0.4) is 0 Å². The van der Waals surface area contributed by atoms with Crippen molar-refractivity contribution < 1.29 is 33.0 Å². The van der Waals surface area contributed by atoms with E-state index in [4.69, 9.17) is 21.8 Å². The van der Waals surface area contributed by atoms with Crippen LogP contribution in [0.1, 0.15) is 20.7 Å². The van der Waals surface area contributed by atoms with Crippen LogP contribution in [0.25, 0.3) is 0 Å². The van der Waals surface area contributed by atoms with Gasteiger partial charge in [0, 0.05) is 0 Å². The Balaban J connectivity index is 3.83. The van der Waals surface area contributed by atoms with Crippen LogP contribution in [-0.2, 0) is 0 Å². The lowest BCUT2D eigenvalue weighted by Gasteiger charge is -2.07. The van der Waals surface area contributed by atoms with Gasteiger partial charge < -0.3 is 10.2 Å². The fraction of sp³-hybridized carbons (Fsp3) is 0. The Bertz CT molecular complexity index is 456. The van der Waals surface area contributed by atoms with Crippen molar-refractivity contribution in [3.63, 3.8) is 0 Å². The summed E-state index contributed by atoms with van der Waals surface area (Å²) in [5.74, 6) is -9.96. The molecule has 0 aromatic heterocycles. The molecule has 0 saturated heterocycles. The van der Waals surface area contributed by atoms with E-state index in [1.165, 1.54) is 0 Å². The summed E-state index contributed by atoms with van der Waals surface area (Å²) >= 11 is 4.96. The van der Waals surface area contributed by atoms with Crippen molar-refractivity contribution in [1.82, 2.24) is 0 Å². The van der Waals surface area contributed by atoms with E-state index >= 15 is 0 Å². The van der Waals surface area contributed by atoms with Crippen molar-refractivity contribution >= 4 is 23.5 Å². The zero-order chi connectivity index (χ0) is 12.6. The summed E-state index contributed by atoms with van der Waals surface area (Å²) in [4.78, 5) is 21.0. The number of carbonyl (C=O) groups is 2. The molecule has 16 heavy (non-hydrogen) atoms. The molecule has 0 unspecified atom stereocenters. The highest BCUT2D eigenvalue weighted by molar-refractivity contribution is 6.31. The molecule has 2 N–H and O–H groups in total. The molecule has 0 aliphatic rings. The van der Waals surface area contributed by atoms with Crippen LogP contribution in [0.15, 0.2) is 0 Å². The molecule has 0 heterocycles. The maximum absolute atomic E-state index is 13.1.